The van der Waals surface area contributed by atoms with Gasteiger partial charge < -0.3 is 10.2 Å². The van der Waals surface area contributed by atoms with Gasteiger partial charge in [-0.05, 0) is 37.5 Å². The Morgan fingerprint density at radius 2 is 1.85 bits per heavy atom. The molecule has 1 heterocycles. The molecule has 8 heteroatoms. The summed E-state index contributed by atoms with van der Waals surface area (Å²) < 4.78 is 0. The maximum atomic E-state index is 11.9. The van der Waals surface area contributed by atoms with Crippen molar-refractivity contribution in [3.63, 3.8) is 0 Å². The number of anilines is 2. The van der Waals surface area contributed by atoms with Gasteiger partial charge in [-0.15, -0.1) is 0 Å². The number of nitro benzene ring substituents is 1. The van der Waals surface area contributed by atoms with Crippen molar-refractivity contribution in [1.29, 1.82) is 0 Å². The highest BCUT2D eigenvalue weighted by atomic mass is 16.6. The van der Waals surface area contributed by atoms with Crippen molar-refractivity contribution >= 4 is 29.3 Å². The van der Waals surface area contributed by atoms with Gasteiger partial charge in [-0.2, -0.15) is 5.10 Å². The van der Waals surface area contributed by atoms with Crippen molar-refractivity contribution in [3.8, 4) is 0 Å². The third kappa shape index (κ3) is 5.04. The fourth-order valence-electron chi connectivity index (χ4n) is 3.02. The van der Waals surface area contributed by atoms with E-state index in [0.717, 1.165) is 31.6 Å². The van der Waals surface area contributed by atoms with Gasteiger partial charge in [-0.25, -0.2) is 10.2 Å². The van der Waals surface area contributed by atoms with Crippen LogP contribution in [0, 0.1) is 10.1 Å². The standard InChI is InChI=1S/C19H21N5O3/c25-19(21-16-7-3-1-4-8-16)22-20-14-15-13-17(24(26)27)9-10-18(15)23-11-5-2-6-12-23/h1,3-4,7-10,13-14H,2,5-6,11-12H2,(H2,21,22,25). The molecule has 2 N–H and O–H groups in total. The Labute approximate surface area is 157 Å². The molecule has 27 heavy (non-hydrogen) atoms. The van der Waals surface area contributed by atoms with Gasteiger partial charge in [0.15, 0.2) is 0 Å². The second-order valence-electron chi connectivity index (χ2n) is 6.24. The smallest absolute Gasteiger partial charge is 0.339 e. The van der Waals surface area contributed by atoms with Crippen LogP contribution >= 0.6 is 0 Å². The maximum absolute atomic E-state index is 11.9. The third-order valence-electron chi connectivity index (χ3n) is 4.32. The Morgan fingerprint density at radius 1 is 1.11 bits per heavy atom. The average molecular weight is 367 g/mol. The topological polar surface area (TPSA) is 99.9 Å². The van der Waals surface area contributed by atoms with Crippen LogP contribution in [0.2, 0.25) is 0 Å². The van der Waals surface area contributed by atoms with Crippen LogP contribution in [0.4, 0.5) is 21.9 Å². The lowest BCUT2D eigenvalue weighted by Crippen LogP contribution is -2.30. The molecule has 2 aromatic rings. The van der Waals surface area contributed by atoms with Gasteiger partial charge in [-0.3, -0.25) is 10.1 Å². The summed E-state index contributed by atoms with van der Waals surface area (Å²) >= 11 is 0. The maximum Gasteiger partial charge on any atom is 0.339 e. The second-order valence-corrected chi connectivity index (χ2v) is 6.24. The number of para-hydroxylation sites is 1. The summed E-state index contributed by atoms with van der Waals surface area (Å²) in [6, 6.07) is 13.2. The molecule has 0 aliphatic carbocycles. The van der Waals surface area contributed by atoms with Crippen LogP contribution in [0.3, 0.4) is 0 Å². The summed E-state index contributed by atoms with van der Waals surface area (Å²) in [5, 5.41) is 17.7. The van der Waals surface area contributed by atoms with Crippen molar-refractivity contribution in [1.82, 2.24) is 5.43 Å². The Bertz CT molecular complexity index is 832. The zero-order chi connectivity index (χ0) is 19.1. The molecule has 2 aromatic carbocycles. The number of urea groups is 1. The average Bonchev–Trinajstić information content (AvgIpc) is 2.69. The molecule has 3 rings (SSSR count). The van der Waals surface area contributed by atoms with Crippen LogP contribution in [-0.2, 0) is 0 Å². The molecule has 0 atom stereocenters. The number of nitrogens with zero attached hydrogens (tertiary/aromatic N) is 3. The predicted octanol–water partition coefficient (Wildman–Crippen LogP) is 3.74. The van der Waals surface area contributed by atoms with Gasteiger partial charge in [-0.1, -0.05) is 18.2 Å². The number of carbonyl (C=O) groups is 1. The van der Waals surface area contributed by atoms with Crippen LogP contribution in [0.25, 0.3) is 0 Å². The predicted molar refractivity (Wildman–Crippen MR) is 105 cm³/mol. The van der Waals surface area contributed by atoms with E-state index in [1.54, 1.807) is 18.2 Å². The van der Waals surface area contributed by atoms with E-state index in [0.29, 0.717) is 11.3 Å². The van der Waals surface area contributed by atoms with Crippen molar-refractivity contribution in [3.05, 3.63) is 64.2 Å². The molecule has 140 valence electrons. The highest BCUT2D eigenvalue weighted by Gasteiger charge is 2.17. The SMILES string of the molecule is O=C(NN=Cc1cc([N+](=O)[O-])ccc1N1CCCCC1)Nc1ccccc1. The van der Waals surface area contributed by atoms with Crippen molar-refractivity contribution in [2.45, 2.75) is 19.3 Å². The first-order chi connectivity index (χ1) is 13.1. The number of nitrogens with one attached hydrogen (secondary N) is 2. The number of non-ortho nitro benzene ring substituents is 1. The van der Waals surface area contributed by atoms with Crippen molar-refractivity contribution in [2.24, 2.45) is 5.10 Å². The zero-order valence-corrected chi connectivity index (χ0v) is 14.8. The molecule has 1 aliphatic rings. The molecule has 2 amide bonds. The van der Waals surface area contributed by atoms with Crippen LogP contribution < -0.4 is 15.6 Å². The number of hydrogen-bond acceptors (Lipinski definition) is 5. The number of nitro groups is 1. The monoisotopic (exact) mass is 367 g/mol. The van der Waals surface area contributed by atoms with E-state index in [2.05, 4.69) is 20.7 Å². The second kappa shape index (κ2) is 8.79. The van der Waals surface area contributed by atoms with Crippen LogP contribution in [-0.4, -0.2) is 30.3 Å². The van der Waals surface area contributed by atoms with Gasteiger partial charge >= 0.3 is 6.03 Å². The first-order valence-electron chi connectivity index (χ1n) is 8.82. The van der Waals surface area contributed by atoms with E-state index in [1.165, 1.54) is 24.8 Å². The molecule has 1 aliphatic heterocycles. The third-order valence-corrected chi connectivity index (χ3v) is 4.32. The highest BCUT2D eigenvalue weighted by molar-refractivity contribution is 5.92. The Hall–Kier alpha value is -3.42. The molecule has 0 unspecified atom stereocenters. The van der Waals surface area contributed by atoms with Gasteiger partial charge in [0.25, 0.3) is 5.69 Å². The van der Waals surface area contributed by atoms with Crippen molar-refractivity contribution < 1.29 is 9.72 Å². The molecule has 1 fully saturated rings. The Balaban J connectivity index is 1.73. The van der Waals surface area contributed by atoms with Gasteiger partial charge in [0.05, 0.1) is 11.1 Å². The molecule has 0 aromatic heterocycles. The Morgan fingerprint density at radius 3 is 2.56 bits per heavy atom. The van der Waals surface area contributed by atoms with E-state index in [4.69, 9.17) is 0 Å². The van der Waals surface area contributed by atoms with E-state index in [9.17, 15) is 14.9 Å². The fraction of sp³-hybridized carbons (Fsp3) is 0.263. The van der Waals surface area contributed by atoms with Crippen molar-refractivity contribution in [2.75, 3.05) is 23.3 Å². The number of benzene rings is 2. The van der Waals surface area contributed by atoms with Crippen LogP contribution in [0.5, 0.6) is 0 Å². The summed E-state index contributed by atoms with van der Waals surface area (Å²) in [7, 11) is 0. The lowest BCUT2D eigenvalue weighted by Gasteiger charge is -2.29. The Kier molecular flexibility index (Phi) is 5.98. The molecule has 1 saturated heterocycles. The summed E-state index contributed by atoms with van der Waals surface area (Å²) in [5.41, 5.74) is 4.52. The number of piperidine rings is 1. The summed E-state index contributed by atoms with van der Waals surface area (Å²) in [4.78, 5) is 24.8. The normalized spacial score (nSPS) is 14.1. The minimum absolute atomic E-state index is 0.00838. The minimum Gasteiger partial charge on any atom is -0.371 e. The number of amides is 2. The molecular weight excluding hydrogens is 346 g/mol. The molecule has 8 nitrogen and oxygen atoms in total. The molecule has 0 spiro atoms. The first-order valence-corrected chi connectivity index (χ1v) is 8.82. The zero-order valence-electron chi connectivity index (χ0n) is 14.8. The van der Waals surface area contributed by atoms with E-state index >= 15 is 0 Å². The summed E-state index contributed by atoms with van der Waals surface area (Å²) in [6.07, 6.45) is 4.81. The summed E-state index contributed by atoms with van der Waals surface area (Å²) in [5.74, 6) is 0. The van der Waals surface area contributed by atoms with Gasteiger partial charge in [0.2, 0.25) is 0 Å². The van der Waals surface area contributed by atoms with Crippen LogP contribution in [0.15, 0.2) is 53.6 Å². The number of carbonyl (C=O) groups excluding carboxylic acids is 1. The summed E-state index contributed by atoms with van der Waals surface area (Å²) in [6.45, 7) is 1.81. The minimum atomic E-state index is -0.484. The number of hydrazone groups is 1. The first kappa shape index (κ1) is 18.4. The van der Waals surface area contributed by atoms with E-state index in [-0.39, 0.29) is 5.69 Å². The number of rotatable bonds is 5. The molecule has 0 bridgehead atoms. The lowest BCUT2D eigenvalue weighted by atomic mass is 10.1. The van der Waals surface area contributed by atoms with E-state index < -0.39 is 11.0 Å². The molecular formula is C19H21N5O3. The largest absolute Gasteiger partial charge is 0.371 e. The highest BCUT2D eigenvalue weighted by Crippen LogP contribution is 2.26. The van der Waals surface area contributed by atoms with Gasteiger partial charge in [0, 0.05) is 42.2 Å². The molecule has 0 saturated carbocycles. The fourth-order valence-corrected chi connectivity index (χ4v) is 3.02. The molecule has 0 radical (unpaired) electrons. The van der Waals surface area contributed by atoms with Crippen LogP contribution in [0.1, 0.15) is 24.8 Å². The number of hydrogen-bond donors (Lipinski definition) is 2. The lowest BCUT2D eigenvalue weighted by molar-refractivity contribution is -0.384. The van der Waals surface area contributed by atoms with Gasteiger partial charge in [0.1, 0.15) is 0 Å². The quantitative estimate of drug-likeness (QED) is 0.478. The van der Waals surface area contributed by atoms with E-state index in [1.807, 2.05) is 18.2 Å².